The average molecular weight is 428 g/mol. The lowest BCUT2D eigenvalue weighted by molar-refractivity contribution is 0.452. The highest BCUT2D eigenvalue weighted by molar-refractivity contribution is 5.82. The van der Waals surface area contributed by atoms with E-state index in [2.05, 4.69) is 0 Å². The summed E-state index contributed by atoms with van der Waals surface area (Å²) < 4.78 is 6.00. The first kappa shape index (κ1) is 21.1. The molecule has 0 spiro atoms. The first-order valence-electron chi connectivity index (χ1n) is 10.3. The number of nitrogens with zero attached hydrogens (tertiary/aromatic N) is 1. The summed E-state index contributed by atoms with van der Waals surface area (Å²) in [5.41, 5.74) is 4.56. The van der Waals surface area contributed by atoms with Gasteiger partial charge in [-0.2, -0.15) is 0 Å². The summed E-state index contributed by atoms with van der Waals surface area (Å²) in [7, 11) is 0. The van der Waals surface area contributed by atoms with E-state index in [-0.39, 0.29) is 17.2 Å². The number of anilines is 3. The van der Waals surface area contributed by atoms with Crippen LogP contribution in [0.3, 0.4) is 0 Å². The van der Waals surface area contributed by atoms with Crippen molar-refractivity contribution < 1.29 is 20.1 Å². The predicted octanol–water partition coefficient (Wildman–Crippen LogP) is 6.99. The molecular weight excluding hydrogens is 402 g/mol. The van der Waals surface area contributed by atoms with Crippen molar-refractivity contribution >= 4 is 17.1 Å². The molecule has 5 nitrogen and oxygen atoms in total. The SMILES string of the molecule is Cc1ccc(Oc2cccc(N(c3cccc(O)c3C)c3cccc(O)c3C)c2)cc1O. The molecule has 0 radical (unpaired) electrons. The number of rotatable bonds is 5. The van der Waals surface area contributed by atoms with Crippen LogP contribution in [0.1, 0.15) is 16.7 Å². The fraction of sp³-hybridized carbons (Fsp3) is 0.111. The fourth-order valence-corrected chi connectivity index (χ4v) is 3.59. The van der Waals surface area contributed by atoms with Gasteiger partial charge in [0.1, 0.15) is 28.7 Å². The van der Waals surface area contributed by atoms with Gasteiger partial charge < -0.3 is 25.0 Å². The van der Waals surface area contributed by atoms with Gasteiger partial charge in [-0.25, -0.2) is 0 Å². The molecule has 0 aliphatic heterocycles. The lowest BCUT2D eigenvalue weighted by Crippen LogP contribution is -2.12. The van der Waals surface area contributed by atoms with Crippen LogP contribution < -0.4 is 9.64 Å². The molecule has 4 aromatic carbocycles. The molecule has 0 saturated heterocycles. The smallest absolute Gasteiger partial charge is 0.131 e. The van der Waals surface area contributed by atoms with Crippen molar-refractivity contribution in [3.8, 4) is 28.7 Å². The Morgan fingerprint density at radius 1 is 0.594 bits per heavy atom. The number of phenols is 3. The van der Waals surface area contributed by atoms with E-state index in [1.165, 1.54) is 0 Å². The molecule has 4 aromatic rings. The second kappa shape index (κ2) is 8.55. The molecule has 0 unspecified atom stereocenters. The molecule has 0 aliphatic rings. The first-order chi connectivity index (χ1) is 15.3. The van der Waals surface area contributed by atoms with Gasteiger partial charge in [0.25, 0.3) is 0 Å². The molecule has 5 heteroatoms. The third-order valence-electron chi connectivity index (χ3n) is 5.53. The van der Waals surface area contributed by atoms with E-state index < -0.39 is 0 Å². The highest BCUT2D eigenvalue weighted by Crippen LogP contribution is 2.43. The molecule has 0 bridgehead atoms. The molecule has 0 atom stereocenters. The normalized spacial score (nSPS) is 10.7. The number of hydrogen-bond donors (Lipinski definition) is 3. The van der Waals surface area contributed by atoms with E-state index in [0.29, 0.717) is 22.6 Å². The molecule has 32 heavy (non-hydrogen) atoms. The molecule has 0 heterocycles. The summed E-state index contributed by atoms with van der Waals surface area (Å²) in [4.78, 5) is 1.98. The molecular formula is C27H25NO4. The number of benzene rings is 4. The van der Waals surface area contributed by atoms with E-state index in [4.69, 9.17) is 4.74 Å². The van der Waals surface area contributed by atoms with Crippen LogP contribution >= 0.6 is 0 Å². The number of aromatic hydroxyl groups is 3. The maximum atomic E-state index is 10.3. The number of phenolic OH excluding ortho intramolecular Hbond substituents is 3. The van der Waals surface area contributed by atoms with Crippen molar-refractivity contribution in [3.05, 3.63) is 95.6 Å². The van der Waals surface area contributed by atoms with Crippen LogP contribution in [-0.2, 0) is 0 Å². The third kappa shape index (κ3) is 4.05. The van der Waals surface area contributed by atoms with Crippen molar-refractivity contribution in [1.29, 1.82) is 0 Å². The zero-order chi connectivity index (χ0) is 22.8. The molecule has 0 aromatic heterocycles. The quantitative estimate of drug-likeness (QED) is 0.320. The van der Waals surface area contributed by atoms with Gasteiger partial charge in [0, 0.05) is 28.9 Å². The minimum Gasteiger partial charge on any atom is -0.508 e. The highest BCUT2D eigenvalue weighted by Gasteiger charge is 2.19. The lowest BCUT2D eigenvalue weighted by atomic mass is 10.1. The molecule has 0 saturated carbocycles. The van der Waals surface area contributed by atoms with Crippen LogP contribution in [0.5, 0.6) is 28.7 Å². The van der Waals surface area contributed by atoms with Gasteiger partial charge in [-0.3, -0.25) is 0 Å². The lowest BCUT2D eigenvalue weighted by Gasteiger charge is -2.29. The number of aryl methyl sites for hydroxylation is 1. The Hall–Kier alpha value is -4.12. The largest absolute Gasteiger partial charge is 0.508 e. The Bertz CT molecular complexity index is 1230. The van der Waals surface area contributed by atoms with Gasteiger partial charge in [0.05, 0.1) is 11.4 Å². The predicted molar refractivity (Wildman–Crippen MR) is 127 cm³/mol. The maximum Gasteiger partial charge on any atom is 0.131 e. The Labute approximate surface area is 187 Å². The summed E-state index contributed by atoms with van der Waals surface area (Å²) in [6, 6.07) is 23.4. The Morgan fingerprint density at radius 2 is 1.16 bits per heavy atom. The van der Waals surface area contributed by atoms with Crippen molar-refractivity contribution in [1.82, 2.24) is 0 Å². The van der Waals surface area contributed by atoms with Crippen LogP contribution in [0.4, 0.5) is 17.1 Å². The highest BCUT2D eigenvalue weighted by atomic mass is 16.5. The van der Waals surface area contributed by atoms with E-state index in [1.807, 2.05) is 62.1 Å². The van der Waals surface area contributed by atoms with Crippen LogP contribution in [0.25, 0.3) is 0 Å². The molecule has 3 N–H and O–H groups in total. The standard InChI is InChI=1S/C27H25NO4/c1-17-13-14-22(16-27(17)31)32-21-8-4-7-20(15-21)28(23-9-5-11-25(29)18(23)2)24-10-6-12-26(30)19(24)3/h4-16,29-31H,1-3H3. The fourth-order valence-electron chi connectivity index (χ4n) is 3.59. The molecule has 0 aliphatic carbocycles. The zero-order valence-corrected chi connectivity index (χ0v) is 18.2. The third-order valence-corrected chi connectivity index (χ3v) is 5.53. The van der Waals surface area contributed by atoms with Crippen molar-refractivity contribution in [3.63, 3.8) is 0 Å². The maximum absolute atomic E-state index is 10.3. The van der Waals surface area contributed by atoms with Gasteiger partial charge in [-0.1, -0.05) is 24.3 Å². The Morgan fingerprint density at radius 3 is 1.75 bits per heavy atom. The van der Waals surface area contributed by atoms with Gasteiger partial charge in [-0.05, 0) is 68.8 Å². The van der Waals surface area contributed by atoms with E-state index in [9.17, 15) is 15.3 Å². The van der Waals surface area contributed by atoms with Gasteiger partial charge in [-0.15, -0.1) is 0 Å². The van der Waals surface area contributed by atoms with Gasteiger partial charge in [0.2, 0.25) is 0 Å². The monoisotopic (exact) mass is 427 g/mol. The molecule has 162 valence electrons. The summed E-state index contributed by atoms with van der Waals surface area (Å²) in [5, 5.41) is 30.7. The van der Waals surface area contributed by atoms with Crippen LogP contribution in [-0.4, -0.2) is 15.3 Å². The zero-order valence-electron chi connectivity index (χ0n) is 18.2. The van der Waals surface area contributed by atoms with E-state index >= 15 is 0 Å². The van der Waals surface area contributed by atoms with Crippen molar-refractivity contribution in [2.75, 3.05) is 4.90 Å². The second-order valence-electron chi connectivity index (χ2n) is 7.73. The topological polar surface area (TPSA) is 73.2 Å². The average Bonchev–Trinajstić information content (AvgIpc) is 2.77. The Kier molecular flexibility index (Phi) is 5.65. The van der Waals surface area contributed by atoms with E-state index in [1.54, 1.807) is 42.5 Å². The first-order valence-corrected chi connectivity index (χ1v) is 10.3. The summed E-state index contributed by atoms with van der Waals surface area (Å²) >= 11 is 0. The van der Waals surface area contributed by atoms with E-state index in [0.717, 1.165) is 22.6 Å². The molecule has 0 fully saturated rings. The summed E-state index contributed by atoms with van der Waals surface area (Å²) in [5.74, 6) is 1.66. The van der Waals surface area contributed by atoms with Crippen LogP contribution in [0.15, 0.2) is 78.9 Å². The summed E-state index contributed by atoms with van der Waals surface area (Å²) in [6.07, 6.45) is 0. The summed E-state index contributed by atoms with van der Waals surface area (Å²) in [6.45, 7) is 5.53. The van der Waals surface area contributed by atoms with Gasteiger partial charge in [0.15, 0.2) is 0 Å². The van der Waals surface area contributed by atoms with Gasteiger partial charge >= 0.3 is 0 Å². The minimum absolute atomic E-state index is 0.172. The van der Waals surface area contributed by atoms with Crippen molar-refractivity contribution in [2.24, 2.45) is 0 Å². The molecule has 0 amide bonds. The molecule has 4 rings (SSSR count). The number of hydrogen-bond acceptors (Lipinski definition) is 5. The second-order valence-corrected chi connectivity index (χ2v) is 7.73. The number of ether oxygens (including phenoxy) is 1. The van der Waals surface area contributed by atoms with Crippen molar-refractivity contribution in [2.45, 2.75) is 20.8 Å². The minimum atomic E-state index is 0.172. The Balaban J connectivity index is 1.83. The van der Waals surface area contributed by atoms with Crippen LogP contribution in [0, 0.1) is 20.8 Å². The van der Waals surface area contributed by atoms with Crippen LogP contribution in [0.2, 0.25) is 0 Å².